The summed E-state index contributed by atoms with van der Waals surface area (Å²) in [5.74, 6) is 2.54. The molecular weight excluding hydrogens is 390 g/mol. The molecule has 142 valence electrons. The third-order valence-electron chi connectivity index (χ3n) is 4.23. The fraction of sp³-hybridized carbons (Fsp3) is 0.190. The van der Waals surface area contributed by atoms with E-state index in [1.165, 1.54) is 11.8 Å². The SMILES string of the molecule is C#CCCC(c1nnc(SC)nc1-c1ccccc1)S(=O)(=O)c1ccccc1. The molecule has 1 heterocycles. The van der Waals surface area contributed by atoms with Gasteiger partial charge in [0.15, 0.2) is 9.84 Å². The van der Waals surface area contributed by atoms with Gasteiger partial charge in [-0.15, -0.1) is 22.5 Å². The molecule has 3 rings (SSSR count). The zero-order valence-corrected chi connectivity index (χ0v) is 17.0. The number of hydrogen-bond acceptors (Lipinski definition) is 6. The summed E-state index contributed by atoms with van der Waals surface area (Å²) in [6, 6.07) is 17.7. The minimum Gasteiger partial charge on any atom is -0.223 e. The van der Waals surface area contributed by atoms with Crippen molar-refractivity contribution in [2.24, 2.45) is 0 Å². The van der Waals surface area contributed by atoms with Gasteiger partial charge in [0.1, 0.15) is 10.9 Å². The van der Waals surface area contributed by atoms with Crippen molar-refractivity contribution < 1.29 is 8.42 Å². The highest BCUT2D eigenvalue weighted by Gasteiger charge is 2.33. The zero-order valence-electron chi connectivity index (χ0n) is 15.3. The minimum atomic E-state index is -3.72. The molecule has 5 nitrogen and oxygen atoms in total. The zero-order chi connectivity index (χ0) is 20.0. The van der Waals surface area contributed by atoms with E-state index >= 15 is 0 Å². The van der Waals surface area contributed by atoms with Gasteiger partial charge < -0.3 is 0 Å². The van der Waals surface area contributed by atoms with Gasteiger partial charge in [-0.3, -0.25) is 0 Å². The second-order valence-electron chi connectivity index (χ2n) is 5.99. The highest BCUT2D eigenvalue weighted by atomic mass is 32.2. The summed E-state index contributed by atoms with van der Waals surface area (Å²) in [4.78, 5) is 4.80. The van der Waals surface area contributed by atoms with Crippen LogP contribution in [0.5, 0.6) is 0 Å². The van der Waals surface area contributed by atoms with Crippen molar-refractivity contribution in [2.75, 3.05) is 6.26 Å². The molecule has 0 amide bonds. The molecular formula is C21H19N3O2S2. The number of thioether (sulfide) groups is 1. The Hall–Kier alpha value is -2.69. The Morgan fingerprint density at radius 1 is 1.04 bits per heavy atom. The van der Waals surface area contributed by atoms with E-state index in [1.807, 2.05) is 36.6 Å². The van der Waals surface area contributed by atoms with E-state index in [4.69, 9.17) is 6.42 Å². The monoisotopic (exact) mass is 409 g/mol. The second kappa shape index (κ2) is 9.00. The van der Waals surface area contributed by atoms with Gasteiger partial charge in [-0.25, -0.2) is 13.4 Å². The average Bonchev–Trinajstić information content (AvgIpc) is 2.75. The molecule has 0 radical (unpaired) electrons. The minimum absolute atomic E-state index is 0.228. The number of rotatable bonds is 7. The summed E-state index contributed by atoms with van der Waals surface area (Å²) in [6.07, 6.45) is 7.82. The number of hydrogen-bond donors (Lipinski definition) is 0. The first-order valence-electron chi connectivity index (χ1n) is 8.64. The molecule has 3 aromatic rings. The predicted molar refractivity (Wildman–Crippen MR) is 111 cm³/mol. The molecule has 28 heavy (non-hydrogen) atoms. The molecule has 7 heteroatoms. The number of aromatic nitrogens is 3. The maximum absolute atomic E-state index is 13.4. The smallest absolute Gasteiger partial charge is 0.209 e. The Balaban J connectivity index is 2.20. The Morgan fingerprint density at radius 2 is 1.68 bits per heavy atom. The molecule has 0 aliphatic heterocycles. The predicted octanol–water partition coefficient (Wildman–Crippen LogP) is 4.19. The van der Waals surface area contributed by atoms with Gasteiger partial charge in [0.25, 0.3) is 0 Å². The van der Waals surface area contributed by atoms with Crippen LogP contribution in [0.2, 0.25) is 0 Å². The Morgan fingerprint density at radius 3 is 2.29 bits per heavy atom. The van der Waals surface area contributed by atoms with Crippen LogP contribution in [0.3, 0.4) is 0 Å². The highest BCUT2D eigenvalue weighted by Crippen LogP contribution is 2.36. The van der Waals surface area contributed by atoms with Crippen molar-refractivity contribution in [1.29, 1.82) is 0 Å². The van der Waals surface area contributed by atoms with E-state index in [-0.39, 0.29) is 11.3 Å². The fourth-order valence-corrected chi connectivity index (χ4v) is 4.91. The van der Waals surface area contributed by atoms with E-state index in [0.29, 0.717) is 23.0 Å². The van der Waals surface area contributed by atoms with Crippen molar-refractivity contribution in [3.63, 3.8) is 0 Å². The average molecular weight is 410 g/mol. The quantitative estimate of drug-likeness (QED) is 0.430. The summed E-state index contributed by atoms with van der Waals surface area (Å²) >= 11 is 1.35. The molecule has 0 aliphatic carbocycles. The highest BCUT2D eigenvalue weighted by molar-refractivity contribution is 7.98. The van der Waals surface area contributed by atoms with Gasteiger partial charge in [0.05, 0.1) is 10.6 Å². The van der Waals surface area contributed by atoms with Crippen LogP contribution in [0.4, 0.5) is 0 Å². The third kappa shape index (κ3) is 4.24. The molecule has 0 bridgehead atoms. The normalized spacial score (nSPS) is 12.3. The van der Waals surface area contributed by atoms with Crippen LogP contribution >= 0.6 is 11.8 Å². The topological polar surface area (TPSA) is 72.8 Å². The van der Waals surface area contributed by atoms with Crippen LogP contribution in [0.15, 0.2) is 70.7 Å². The van der Waals surface area contributed by atoms with Gasteiger partial charge >= 0.3 is 0 Å². The van der Waals surface area contributed by atoms with Crippen LogP contribution in [-0.2, 0) is 9.84 Å². The second-order valence-corrected chi connectivity index (χ2v) is 8.89. The standard InChI is InChI=1S/C21H19N3O2S2/c1-3-4-15-18(28(25,26)17-13-9-6-10-14-17)20-19(16-11-7-5-8-12-16)22-21(27-2)24-23-20/h1,5-14,18H,4,15H2,2H3. The lowest BCUT2D eigenvalue weighted by atomic mass is 10.1. The van der Waals surface area contributed by atoms with Gasteiger partial charge in [0.2, 0.25) is 5.16 Å². The van der Waals surface area contributed by atoms with E-state index in [2.05, 4.69) is 21.1 Å². The van der Waals surface area contributed by atoms with Crippen LogP contribution < -0.4 is 0 Å². The third-order valence-corrected chi connectivity index (χ3v) is 6.90. The number of sulfone groups is 1. The lowest BCUT2D eigenvalue weighted by molar-refractivity contribution is 0.571. The molecule has 2 aromatic carbocycles. The molecule has 0 N–H and O–H groups in total. The summed E-state index contributed by atoms with van der Waals surface area (Å²) in [7, 11) is -3.72. The van der Waals surface area contributed by atoms with Gasteiger partial charge in [-0.05, 0) is 24.8 Å². The Bertz CT molecular complexity index is 1080. The van der Waals surface area contributed by atoms with Crippen LogP contribution in [0, 0.1) is 12.3 Å². The van der Waals surface area contributed by atoms with Crippen LogP contribution in [-0.4, -0.2) is 29.9 Å². The van der Waals surface area contributed by atoms with E-state index in [9.17, 15) is 8.42 Å². The number of benzene rings is 2. The van der Waals surface area contributed by atoms with Crippen LogP contribution in [0.25, 0.3) is 11.3 Å². The summed E-state index contributed by atoms with van der Waals surface area (Å²) < 4.78 is 26.8. The van der Waals surface area contributed by atoms with E-state index in [1.54, 1.807) is 30.3 Å². The fourth-order valence-electron chi connectivity index (χ4n) is 2.86. The number of nitrogens with zero attached hydrogens (tertiary/aromatic N) is 3. The van der Waals surface area contributed by atoms with Crippen molar-refractivity contribution in [3.8, 4) is 23.6 Å². The summed E-state index contributed by atoms with van der Waals surface area (Å²) in [5, 5.41) is 7.94. The molecule has 0 saturated heterocycles. The molecule has 1 aromatic heterocycles. The van der Waals surface area contributed by atoms with Crippen molar-refractivity contribution >= 4 is 21.6 Å². The van der Waals surface area contributed by atoms with E-state index < -0.39 is 15.1 Å². The molecule has 0 aliphatic rings. The summed E-state index contributed by atoms with van der Waals surface area (Å²) in [5.41, 5.74) is 1.63. The lowest BCUT2D eigenvalue weighted by Gasteiger charge is -2.19. The Labute approximate surface area is 169 Å². The van der Waals surface area contributed by atoms with E-state index in [0.717, 1.165) is 5.56 Å². The van der Waals surface area contributed by atoms with Crippen LogP contribution in [0.1, 0.15) is 23.8 Å². The first-order valence-corrected chi connectivity index (χ1v) is 11.4. The molecule has 0 fully saturated rings. The molecule has 0 saturated carbocycles. The van der Waals surface area contributed by atoms with Gasteiger partial charge in [0, 0.05) is 12.0 Å². The molecule has 1 atom stereocenters. The Kier molecular flexibility index (Phi) is 6.45. The maximum atomic E-state index is 13.4. The first-order chi connectivity index (χ1) is 13.6. The van der Waals surface area contributed by atoms with Crippen molar-refractivity contribution in [2.45, 2.75) is 28.1 Å². The van der Waals surface area contributed by atoms with Gasteiger partial charge in [-0.2, -0.15) is 0 Å². The van der Waals surface area contributed by atoms with Crippen molar-refractivity contribution in [3.05, 3.63) is 66.4 Å². The molecule has 1 unspecified atom stereocenters. The van der Waals surface area contributed by atoms with Gasteiger partial charge in [-0.1, -0.05) is 60.3 Å². The lowest BCUT2D eigenvalue weighted by Crippen LogP contribution is -2.18. The maximum Gasteiger partial charge on any atom is 0.209 e. The number of terminal acetylenes is 1. The first kappa shape index (κ1) is 20.1. The summed E-state index contributed by atoms with van der Waals surface area (Å²) in [6.45, 7) is 0. The van der Waals surface area contributed by atoms with Crippen molar-refractivity contribution in [1.82, 2.24) is 15.2 Å². The molecule has 0 spiro atoms. The largest absolute Gasteiger partial charge is 0.223 e.